The Hall–Kier alpha value is -0.270. The van der Waals surface area contributed by atoms with E-state index in [0.717, 1.165) is 29.7 Å². The molecule has 19 heavy (non-hydrogen) atoms. The molecule has 0 aliphatic heterocycles. The molecule has 4 atom stereocenters. The van der Waals surface area contributed by atoms with Gasteiger partial charge in [0, 0.05) is 5.02 Å². The minimum atomic E-state index is -0.252. The maximum absolute atomic E-state index is 13.4. The van der Waals surface area contributed by atoms with Gasteiger partial charge in [0.05, 0.1) is 5.38 Å². The quantitative estimate of drug-likeness (QED) is 0.610. The van der Waals surface area contributed by atoms with Gasteiger partial charge in [-0.2, -0.15) is 0 Å². The molecule has 1 aromatic carbocycles. The topological polar surface area (TPSA) is 0 Å². The first-order valence-electron chi connectivity index (χ1n) is 7.14. The van der Waals surface area contributed by atoms with E-state index < -0.39 is 0 Å². The van der Waals surface area contributed by atoms with Gasteiger partial charge in [0.2, 0.25) is 0 Å². The van der Waals surface area contributed by atoms with Crippen molar-refractivity contribution in [3.05, 3.63) is 34.1 Å². The summed E-state index contributed by atoms with van der Waals surface area (Å²) in [5.74, 6) is 2.29. The molecule has 3 rings (SSSR count). The summed E-state index contributed by atoms with van der Waals surface area (Å²) in [6, 6.07) is 3.20. The second-order valence-electron chi connectivity index (χ2n) is 6.26. The van der Waals surface area contributed by atoms with E-state index in [2.05, 4.69) is 0 Å². The molecule has 2 saturated carbocycles. The third kappa shape index (κ3) is 2.64. The van der Waals surface area contributed by atoms with E-state index in [0.29, 0.717) is 10.6 Å². The molecule has 1 aromatic rings. The van der Waals surface area contributed by atoms with E-state index in [9.17, 15) is 4.39 Å². The van der Waals surface area contributed by atoms with E-state index in [1.54, 1.807) is 6.92 Å². The zero-order valence-corrected chi connectivity index (χ0v) is 12.6. The maximum Gasteiger partial charge on any atom is 0.127 e. The Kier molecular flexibility index (Phi) is 3.79. The predicted octanol–water partition coefficient (Wildman–Crippen LogP) is 5.89. The van der Waals surface area contributed by atoms with Gasteiger partial charge < -0.3 is 0 Å². The summed E-state index contributed by atoms with van der Waals surface area (Å²) in [6.45, 7) is 1.76. The first kappa shape index (κ1) is 13.7. The summed E-state index contributed by atoms with van der Waals surface area (Å²) >= 11 is 12.7. The first-order chi connectivity index (χ1) is 9.04. The second-order valence-corrected chi connectivity index (χ2v) is 7.20. The standard InChI is InChI=1S/C16H19Cl2F/c1-9-4-13(15(18)8-16(9)19)14(17)7-12-6-10-2-3-11(12)5-10/h4,8,10-12,14H,2-3,5-7H2,1H3. The van der Waals surface area contributed by atoms with Crippen LogP contribution >= 0.6 is 23.2 Å². The van der Waals surface area contributed by atoms with Crippen LogP contribution in [0, 0.1) is 30.5 Å². The van der Waals surface area contributed by atoms with E-state index in [1.165, 1.54) is 31.7 Å². The summed E-state index contributed by atoms with van der Waals surface area (Å²) in [5.41, 5.74) is 1.52. The number of hydrogen-bond donors (Lipinski definition) is 0. The van der Waals surface area contributed by atoms with Crippen molar-refractivity contribution in [2.45, 2.75) is 44.4 Å². The molecule has 104 valence electrons. The van der Waals surface area contributed by atoms with Crippen LogP contribution in [-0.2, 0) is 0 Å². The summed E-state index contributed by atoms with van der Waals surface area (Å²) in [5, 5.41) is 0.377. The van der Waals surface area contributed by atoms with E-state index >= 15 is 0 Å². The highest BCUT2D eigenvalue weighted by Crippen LogP contribution is 2.52. The molecular formula is C16H19Cl2F. The number of rotatable bonds is 3. The van der Waals surface area contributed by atoms with Crippen LogP contribution < -0.4 is 0 Å². The number of aryl methyl sites for hydroxylation is 1. The van der Waals surface area contributed by atoms with Crippen LogP contribution in [-0.4, -0.2) is 0 Å². The highest BCUT2D eigenvalue weighted by molar-refractivity contribution is 6.32. The predicted molar refractivity (Wildman–Crippen MR) is 78.3 cm³/mol. The first-order valence-corrected chi connectivity index (χ1v) is 7.95. The highest BCUT2D eigenvalue weighted by atomic mass is 35.5. The van der Waals surface area contributed by atoms with Crippen LogP contribution in [0.3, 0.4) is 0 Å². The Balaban J connectivity index is 1.73. The zero-order chi connectivity index (χ0) is 13.6. The van der Waals surface area contributed by atoms with E-state index in [1.807, 2.05) is 6.07 Å². The minimum Gasteiger partial charge on any atom is -0.207 e. The number of benzene rings is 1. The van der Waals surface area contributed by atoms with Crippen molar-refractivity contribution in [3.63, 3.8) is 0 Å². The fourth-order valence-corrected chi connectivity index (χ4v) is 4.72. The summed E-state index contributed by atoms with van der Waals surface area (Å²) in [4.78, 5) is 0. The van der Waals surface area contributed by atoms with Gasteiger partial charge in [-0.3, -0.25) is 0 Å². The van der Waals surface area contributed by atoms with Crippen molar-refractivity contribution in [2.75, 3.05) is 0 Å². The summed E-state index contributed by atoms with van der Waals surface area (Å²) in [7, 11) is 0. The third-order valence-corrected chi connectivity index (χ3v) is 5.75. The van der Waals surface area contributed by atoms with Gasteiger partial charge in [-0.15, -0.1) is 11.6 Å². The lowest BCUT2D eigenvalue weighted by atomic mass is 9.84. The molecule has 2 aliphatic carbocycles. The van der Waals surface area contributed by atoms with Crippen LogP contribution in [0.1, 0.15) is 48.6 Å². The van der Waals surface area contributed by atoms with Crippen molar-refractivity contribution in [2.24, 2.45) is 17.8 Å². The van der Waals surface area contributed by atoms with Crippen LogP contribution in [0.4, 0.5) is 4.39 Å². The van der Waals surface area contributed by atoms with E-state index in [-0.39, 0.29) is 11.2 Å². The Morgan fingerprint density at radius 1 is 1.32 bits per heavy atom. The van der Waals surface area contributed by atoms with Gasteiger partial charge in [-0.1, -0.05) is 24.1 Å². The van der Waals surface area contributed by atoms with Gasteiger partial charge in [0.15, 0.2) is 0 Å². The molecular weight excluding hydrogens is 282 g/mol. The van der Waals surface area contributed by atoms with Gasteiger partial charge in [0.1, 0.15) is 5.82 Å². The molecule has 3 heteroatoms. The van der Waals surface area contributed by atoms with Crippen molar-refractivity contribution in [3.8, 4) is 0 Å². The SMILES string of the molecule is Cc1cc(C(Cl)CC2CC3CCC2C3)c(Cl)cc1F. The largest absolute Gasteiger partial charge is 0.207 e. The maximum atomic E-state index is 13.4. The van der Waals surface area contributed by atoms with E-state index in [4.69, 9.17) is 23.2 Å². The van der Waals surface area contributed by atoms with Crippen LogP contribution in [0.5, 0.6) is 0 Å². The molecule has 0 radical (unpaired) electrons. The molecule has 2 bridgehead atoms. The average Bonchev–Trinajstić information content (AvgIpc) is 2.95. The third-order valence-electron chi connectivity index (χ3n) is 5.01. The normalized spacial score (nSPS) is 30.8. The lowest BCUT2D eigenvalue weighted by Crippen LogP contribution is -2.12. The molecule has 0 saturated heterocycles. The molecule has 0 N–H and O–H groups in total. The molecule has 0 aromatic heterocycles. The number of hydrogen-bond acceptors (Lipinski definition) is 0. The fourth-order valence-electron chi connectivity index (χ4n) is 3.98. The van der Waals surface area contributed by atoms with Crippen molar-refractivity contribution >= 4 is 23.2 Å². The Bertz CT molecular complexity index is 486. The fraction of sp³-hybridized carbons (Fsp3) is 0.625. The Morgan fingerprint density at radius 3 is 2.74 bits per heavy atom. The minimum absolute atomic E-state index is 0.0869. The zero-order valence-electron chi connectivity index (χ0n) is 11.1. The average molecular weight is 301 g/mol. The van der Waals surface area contributed by atoms with Crippen LogP contribution in [0.15, 0.2) is 12.1 Å². The Labute approximate surface area is 124 Å². The monoisotopic (exact) mass is 300 g/mol. The van der Waals surface area contributed by atoms with Gasteiger partial charge >= 0.3 is 0 Å². The summed E-state index contributed by atoms with van der Waals surface area (Å²) in [6.07, 6.45) is 6.48. The molecule has 0 amide bonds. The molecule has 4 unspecified atom stereocenters. The highest BCUT2D eigenvalue weighted by Gasteiger charge is 2.40. The van der Waals surface area contributed by atoms with Crippen LogP contribution in [0.2, 0.25) is 5.02 Å². The Morgan fingerprint density at radius 2 is 2.11 bits per heavy atom. The van der Waals surface area contributed by atoms with Gasteiger partial charge in [-0.25, -0.2) is 4.39 Å². The van der Waals surface area contributed by atoms with Gasteiger partial charge in [-0.05, 0) is 67.6 Å². The lowest BCUT2D eigenvalue weighted by Gasteiger charge is -2.24. The number of fused-ring (bicyclic) bond motifs is 2. The lowest BCUT2D eigenvalue weighted by molar-refractivity contribution is 0.312. The smallest absolute Gasteiger partial charge is 0.127 e. The second kappa shape index (κ2) is 5.26. The molecule has 0 heterocycles. The molecule has 0 spiro atoms. The van der Waals surface area contributed by atoms with Crippen molar-refractivity contribution in [1.29, 1.82) is 0 Å². The molecule has 0 nitrogen and oxygen atoms in total. The molecule has 2 fully saturated rings. The number of alkyl halides is 1. The van der Waals surface area contributed by atoms with Gasteiger partial charge in [0.25, 0.3) is 0 Å². The van der Waals surface area contributed by atoms with Crippen molar-refractivity contribution < 1.29 is 4.39 Å². The van der Waals surface area contributed by atoms with Crippen LogP contribution in [0.25, 0.3) is 0 Å². The number of halogens is 3. The summed E-state index contributed by atoms with van der Waals surface area (Å²) < 4.78 is 13.4. The van der Waals surface area contributed by atoms with Crippen molar-refractivity contribution in [1.82, 2.24) is 0 Å². The molecule has 2 aliphatic rings.